The zero-order valence-electron chi connectivity index (χ0n) is 35.9. The molecule has 2 nitrogen and oxygen atoms in total. The normalized spacial score (nSPS) is 12.7. The number of aromatic nitrogens is 2. The predicted octanol–water partition coefficient (Wildman–Crippen LogP) is 16.7. The molecule has 13 rings (SSSR count). The summed E-state index contributed by atoms with van der Waals surface area (Å²) in [6, 6.07) is 88.3. The Morgan fingerprint density at radius 2 is 0.879 bits per heavy atom. The highest BCUT2D eigenvalue weighted by atomic mass is 32.1. The van der Waals surface area contributed by atoms with Gasteiger partial charge in [0.15, 0.2) is 5.82 Å². The first-order valence-electron chi connectivity index (χ1n) is 22.5. The minimum Gasteiger partial charge on any atom is -0.228 e. The van der Waals surface area contributed by atoms with Crippen molar-refractivity contribution in [3.63, 3.8) is 0 Å². The van der Waals surface area contributed by atoms with E-state index in [4.69, 9.17) is 9.97 Å². The Labute approximate surface area is 387 Å². The monoisotopic (exact) mass is 856 g/mol. The van der Waals surface area contributed by atoms with Gasteiger partial charge >= 0.3 is 0 Å². The molecule has 10 aromatic carbocycles. The van der Waals surface area contributed by atoms with Gasteiger partial charge in [0.25, 0.3) is 0 Å². The largest absolute Gasteiger partial charge is 0.228 e. The molecular formula is C63H40N2S. The average Bonchev–Trinajstić information content (AvgIpc) is 3.92. The summed E-state index contributed by atoms with van der Waals surface area (Å²) in [5, 5.41) is 5.00. The third-order valence-electron chi connectivity index (χ3n) is 13.6. The lowest BCUT2D eigenvalue weighted by Gasteiger charge is -2.33. The Balaban J connectivity index is 1.03. The van der Waals surface area contributed by atoms with Gasteiger partial charge in [-0.2, -0.15) is 0 Å². The van der Waals surface area contributed by atoms with Crippen LogP contribution < -0.4 is 0 Å². The minimum absolute atomic E-state index is 0.476. The molecule has 0 bridgehead atoms. The van der Waals surface area contributed by atoms with Crippen molar-refractivity contribution >= 4 is 42.3 Å². The summed E-state index contributed by atoms with van der Waals surface area (Å²) in [7, 11) is 0. The summed E-state index contributed by atoms with van der Waals surface area (Å²) in [6.07, 6.45) is 0. The van der Waals surface area contributed by atoms with Crippen LogP contribution in [-0.2, 0) is 5.41 Å². The SMILES string of the molecule is c1ccc(-c2nc(-c3cc(-c4ccc5sc6ccccc6c5c4)cc(-c4cccc5ccccc45)c3)cc(-c3ccc4c(c3)-c3ccccc3C4(c3ccccc3)c3ccccc3)n2)cc1. The second-order valence-corrected chi connectivity index (χ2v) is 18.3. The molecule has 0 N–H and O–H groups in total. The van der Waals surface area contributed by atoms with E-state index in [1.165, 1.54) is 75.5 Å². The van der Waals surface area contributed by atoms with Crippen molar-refractivity contribution in [2.45, 2.75) is 5.41 Å². The van der Waals surface area contributed by atoms with Gasteiger partial charge in [-0.25, -0.2) is 9.97 Å². The first-order chi connectivity index (χ1) is 32.7. The molecule has 2 heterocycles. The molecule has 0 saturated carbocycles. The number of thiophene rings is 1. The van der Waals surface area contributed by atoms with Crippen LogP contribution in [0.2, 0.25) is 0 Å². The van der Waals surface area contributed by atoms with E-state index in [-0.39, 0.29) is 0 Å². The molecule has 0 aliphatic heterocycles. The smallest absolute Gasteiger partial charge is 0.160 e. The van der Waals surface area contributed by atoms with Gasteiger partial charge in [-0.1, -0.05) is 194 Å². The maximum atomic E-state index is 5.42. The van der Waals surface area contributed by atoms with Crippen molar-refractivity contribution in [3.05, 3.63) is 265 Å². The van der Waals surface area contributed by atoms with Gasteiger partial charge in [0, 0.05) is 36.9 Å². The van der Waals surface area contributed by atoms with Gasteiger partial charge in [-0.05, 0) is 115 Å². The van der Waals surface area contributed by atoms with Gasteiger partial charge in [-0.15, -0.1) is 11.3 Å². The second kappa shape index (κ2) is 15.5. The number of hydrogen-bond acceptors (Lipinski definition) is 3. The molecule has 0 atom stereocenters. The maximum absolute atomic E-state index is 5.42. The second-order valence-electron chi connectivity index (χ2n) is 17.3. The average molecular weight is 857 g/mol. The summed E-state index contributed by atoms with van der Waals surface area (Å²) in [4.78, 5) is 10.8. The summed E-state index contributed by atoms with van der Waals surface area (Å²) in [6.45, 7) is 0. The van der Waals surface area contributed by atoms with Crippen LogP contribution in [0, 0.1) is 0 Å². The van der Waals surface area contributed by atoms with Gasteiger partial charge in [0.1, 0.15) is 0 Å². The molecule has 0 amide bonds. The van der Waals surface area contributed by atoms with Gasteiger partial charge in [0.05, 0.1) is 16.8 Å². The van der Waals surface area contributed by atoms with Gasteiger partial charge in [-0.3, -0.25) is 0 Å². The van der Waals surface area contributed by atoms with E-state index in [2.05, 4.69) is 237 Å². The van der Waals surface area contributed by atoms with Crippen LogP contribution in [0.1, 0.15) is 22.3 Å². The van der Waals surface area contributed by atoms with E-state index in [0.717, 1.165) is 39.2 Å². The lowest BCUT2D eigenvalue weighted by Crippen LogP contribution is -2.28. The lowest BCUT2D eigenvalue weighted by molar-refractivity contribution is 0.768. The Hall–Kier alpha value is -8.24. The molecule has 308 valence electrons. The molecule has 12 aromatic rings. The molecule has 0 unspecified atom stereocenters. The van der Waals surface area contributed by atoms with Crippen LogP contribution in [0.5, 0.6) is 0 Å². The molecule has 66 heavy (non-hydrogen) atoms. The molecule has 0 radical (unpaired) electrons. The predicted molar refractivity (Wildman–Crippen MR) is 277 cm³/mol. The highest BCUT2D eigenvalue weighted by molar-refractivity contribution is 7.25. The lowest BCUT2D eigenvalue weighted by atomic mass is 9.67. The van der Waals surface area contributed by atoms with E-state index < -0.39 is 5.41 Å². The van der Waals surface area contributed by atoms with Crippen LogP contribution in [0.25, 0.3) is 98.2 Å². The van der Waals surface area contributed by atoms with Crippen molar-refractivity contribution in [1.29, 1.82) is 0 Å². The van der Waals surface area contributed by atoms with Crippen molar-refractivity contribution in [3.8, 4) is 67.3 Å². The van der Waals surface area contributed by atoms with E-state index in [1.54, 1.807) is 0 Å². The Bertz CT molecular complexity index is 3770. The third kappa shape index (κ3) is 6.16. The van der Waals surface area contributed by atoms with Crippen LogP contribution >= 0.6 is 11.3 Å². The van der Waals surface area contributed by atoms with Crippen molar-refractivity contribution in [2.24, 2.45) is 0 Å². The van der Waals surface area contributed by atoms with E-state index >= 15 is 0 Å². The number of benzene rings is 10. The topological polar surface area (TPSA) is 25.8 Å². The van der Waals surface area contributed by atoms with E-state index in [1.807, 2.05) is 17.4 Å². The fourth-order valence-electron chi connectivity index (χ4n) is 10.5. The minimum atomic E-state index is -0.476. The fourth-order valence-corrected chi connectivity index (χ4v) is 11.6. The summed E-state index contributed by atoms with van der Waals surface area (Å²) < 4.78 is 2.60. The Morgan fingerprint density at radius 3 is 1.68 bits per heavy atom. The molecule has 0 saturated heterocycles. The van der Waals surface area contributed by atoms with Crippen molar-refractivity contribution < 1.29 is 0 Å². The van der Waals surface area contributed by atoms with Crippen LogP contribution in [0.15, 0.2) is 243 Å². The third-order valence-corrected chi connectivity index (χ3v) is 14.7. The Morgan fingerprint density at radius 1 is 0.303 bits per heavy atom. The number of fused-ring (bicyclic) bond motifs is 7. The molecule has 3 heteroatoms. The van der Waals surface area contributed by atoms with Gasteiger partial charge in [0.2, 0.25) is 0 Å². The molecule has 0 fully saturated rings. The van der Waals surface area contributed by atoms with Crippen LogP contribution in [0.4, 0.5) is 0 Å². The highest BCUT2D eigenvalue weighted by Gasteiger charge is 2.46. The van der Waals surface area contributed by atoms with Crippen LogP contribution in [0.3, 0.4) is 0 Å². The zero-order valence-corrected chi connectivity index (χ0v) is 36.7. The number of nitrogens with zero attached hydrogens (tertiary/aromatic N) is 2. The Kier molecular flexibility index (Phi) is 8.97. The standard InChI is InChI=1S/C63H40N2S/c1-4-18-42(19-5-1)62-64-58(44-31-33-57-54(39-44)52-26-12-14-29-56(52)63(57,48-21-6-2-7-22-48)49-23-8-3-9-24-49)40-59(65-62)47-36-45(35-46(37-47)51-28-16-20-41-17-10-11-25-50(41)51)43-32-34-61-55(38-43)53-27-13-15-30-60(53)66-61/h1-40H. The first kappa shape index (κ1) is 38.2. The van der Waals surface area contributed by atoms with E-state index in [9.17, 15) is 0 Å². The molecule has 0 spiro atoms. The molecule has 2 aromatic heterocycles. The van der Waals surface area contributed by atoms with E-state index in [0.29, 0.717) is 5.82 Å². The number of hydrogen-bond donors (Lipinski definition) is 0. The zero-order chi connectivity index (χ0) is 43.6. The summed E-state index contributed by atoms with van der Waals surface area (Å²) in [5.74, 6) is 0.690. The maximum Gasteiger partial charge on any atom is 0.160 e. The van der Waals surface area contributed by atoms with Crippen LogP contribution in [-0.4, -0.2) is 9.97 Å². The van der Waals surface area contributed by atoms with Crippen molar-refractivity contribution in [1.82, 2.24) is 9.97 Å². The molecule has 1 aliphatic carbocycles. The molecule has 1 aliphatic rings. The summed E-state index contributed by atoms with van der Waals surface area (Å²) >= 11 is 1.85. The van der Waals surface area contributed by atoms with Gasteiger partial charge < -0.3 is 0 Å². The quantitative estimate of drug-likeness (QED) is 0.160. The van der Waals surface area contributed by atoms with Crippen molar-refractivity contribution in [2.75, 3.05) is 0 Å². The highest BCUT2D eigenvalue weighted by Crippen LogP contribution is 2.56. The summed E-state index contributed by atoms with van der Waals surface area (Å²) in [5.41, 5.74) is 16.5. The first-order valence-corrected chi connectivity index (χ1v) is 23.4. The molecular weight excluding hydrogens is 817 g/mol. The fraction of sp³-hybridized carbons (Fsp3) is 0.0159. The number of rotatable bonds is 7.